The van der Waals surface area contributed by atoms with E-state index in [1.54, 1.807) is 7.11 Å². The molecule has 1 aromatic heterocycles. The lowest BCUT2D eigenvalue weighted by Gasteiger charge is -2.40. The lowest BCUT2D eigenvalue weighted by atomic mass is 9.95. The smallest absolute Gasteiger partial charge is 0.148 e. The van der Waals surface area contributed by atoms with Crippen molar-refractivity contribution in [3.8, 4) is 0 Å². The van der Waals surface area contributed by atoms with Gasteiger partial charge in [0.1, 0.15) is 22.4 Å². The van der Waals surface area contributed by atoms with Crippen LogP contribution in [0.2, 0.25) is 0 Å². The van der Waals surface area contributed by atoms with Crippen LogP contribution in [0.5, 0.6) is 0 Å². The van der Waals surface area contributed by atoms with Crippen molar-refractivity contribution in [2.24, 2.45) is 0 Å². The van der Waals surface area contributed by atoms with Gasteiger partial charge >= 0.3 is 0 Å². The van der Waals surface area contributed by atoms with Gasteiger partial charge in [0.05, 0.1) is 5.60 Å². The molecule has 1 aliphatic rings. The van der Waals surface area contributed by atoms with Gasteiger partial charge in [-0.2, -0.15) is 0 Å². The fourth-order valence-corrected chi connectivity index (χ4v) is 2.60. The first-order valence-electron chi connectivity index (χ1n) is 5.62. The van der Waals surface area contributed by atoms with Gasteiger partial charge in [-0.15, -0.1) is 0 Å². The van der Waals surface area contributed by atoms with E-state index in [-0.39, 0.29) is 5.60 Å². The number of rotatable bonds is 2. The van der Waals surface area contributed by atoms with Crippen molar-refractivity contribution >= 4 is 27.6 Å². The van der Waals surface area contributed by atoms with Gasteiger partial charge in [0.25, 0.3) is 0 Å². The monoisotopic (exact) mass is 300 g/mol. The highest BCUT2D eigenvalue weighted by molar-refractivity contribution is 9.10. The van der Waals surface area contributed by atoms with Crippen LogP contribution < -0.4 is 10.6 Å². The highest BCUT2D eigenvalue weighted by Crippen LogP contribution is 2.32. The van der Waals surface area contributed by atoms with E-state index in [1.165, 1.54) is 6.33 Å². The van der Waals surface area contributed by atoms with Crippen LogP contribution in [0.3, 0.4) is 0 Å². The first kappa shape index (κ1) is 12.6. The molecule has 5 nitrogen and oxygen atoms in total. The average Bonchev–Trinajstić information content (AvgIpc) is 2.33. The number of methoxy groups -OCH3 is 1. The van der Waals surface area contributed by atoms with Crippen molar-refractivity contribution in [3.05, 3.63) is 10.8 Å². The van der Waals surface area contributed by atoms with Crippen LogP contribution in [0, 0.1) is 0 Å². The van der Waals surface area contributed by atoms with Crippen LogP contribution in [0.4, 0.5) is 11.6 Å². The van der Waals surface area contributed by atoms with Crippen molar-refractivity contribution in [2.75, 3.05) is 30.8 Å². The van der Waals surface area contributed by atoms with E-state index < -0.39 is 0 Å². The Hall–Kier alpha value is -0.880. The molecule has 1 fully saturated rings. The molecule has 0 aliphatic carbocycles. The first-order valence-corrected chi connectivity index (χ1v) is 6.41. The van der Waals surface area contributed by atoms with E-state index in [0.717, 1.165) is 36.2 Å². The molecule has 0 radical (unpaired) electrons. The maximum atomic E-state index is 5.77. The summed E-state index contributed by atoms with van der Waals surface area (Å²) in [6.45, 7) is 3.91. The Kier molecular flexibility index (Phi) is 3.53. The number of nitrogen functional groups attached to an aromatic ring is 1. The van der Waals surface area contributed by atoms with Gasteiger partial charge in [-0.3, -0.25) is 0 Å². The lowest BCUT2D eigenvalue weighted by molar-refractivity contribution is -0.00484. The maximum Gasteiger partial charge on any atom is 0.148 e. The van der Waals surface area contributed by atoms with E-state index in [0.29, 0.717) is 5.82 Å². The lowest BCUT2D eigenvalue weighted by Crippen LogP contribution is -2.47. The second kappa shape index (κ2) is 4.78. The zero-order valence-electron chi connectivity index (χ0n) is 10.1. The molecule has 6 heteroatoms. The predicted molar refractivity (Wildman–Crippen MR) is 71.0 cm³/mol. The average molecular weight is 301 g/mol. The van der Waals surface area contributed by atoms with Crippen molar-refractivity contribution < 1.29 is 4.74 Å². The van der Waals surface area contributed by atoms with E-state index in [9.17, 15) is 0 Å². The number of nitrogens with two attached hydrogens (primary N) is 1. The first-order chi connectivity index (χ1) is 8.06. The van der Waals surface area contributed by atoms with Gasteiger partial charge < -0.3 is 15.4 Å². The molecule has 0 spiro atoms. The van der Waals surface area contributed by atoms with Crippen molar-refractivity contribution in [2.45, 2.75) is 25.4 Å². The Bertz CT molecular complexity index is 414. The third-order valence-corrected chi connectivity index (χ3v) is 4.01. The molecular formula is C11H17BrN4O. The third-order valence-electron chi connectivity index (χ3n) is 3.25. The summed E-state index contributed by atoms with van der Waals surface area (Å²) in [6, 6.07) is 0. The number of hydrogen-bond donors (Lipinski definition) is 1. The minimum absolute atomic E-state index is 0.114. The molecule has 2 N–H and O–H groups in total. The van der Waals surface area contributed by atoms with Gasteiger partial charge in [0, 0.05) is 20.2 Å². The van der Waals surface area contributed by atoms with Gasteiger partial charge in [0.15, 0.2) is 0 Å². The fraction of sp³-hybridized carbons (Fsp3) is 0.636. The molecule has 0 amide bonds. The molecule has 1 saturated heterocycles. The number of piperidine rings is 1. The zero-order valence-corrected chi connectivity index (χ0v) is 11.7. The van der Waals surface area contributed by atoms with Gasteiger partial charge in [0.2, 0.25) is 0 Å². The standard InChI is InChI=1S/C11H17BrN4O/c1-11(17-2)4-3-5-16(6-11)10-8(12)9(13)14-7-15-10/h7H,3-6H2,1-2H3,(H2,13,14,15). The Morgan fingerprint density at radius 1 is 1.53 bits per heavy atom. The largest absolute Gasteiger partial charge is 0.383 e. The molecule has 0 saturated carbocycles. The Morgan fingerprint density at radius 3 is 3.00 bits per heavy atom. The molecule has 1 aliphatic heterocycles. The SMILES string of the molecule is COC1(C)CCCN(c2ncnc(N)c2Br)C1. The molecule has 0 bridgehead atoms. The summed E-state index contributed by atoms with van der Waals surface area (Å²) in [6.07, 6.45) is 3.65. The summed E-state index contributed by atoms with van der Waals surface area (Å²) in [5.41, 5.74) is 5.66. The van der Waals surface area contributed by atoms with Crippen molar-refractivity contribution in [1.82, 2.24) is 9.97 Å². The van der Waals surface area contributed by atoms with Crippen LogP contribution in [0.15, 0.2) is 10.8 Å². The van der Waals surface area contributed by atoms with E-state index in [2.05, 4.69) is 37.7 Å². The number of halogens is 1. The van der Waals surface area contributed by atoms with Crippen LogP contribution in [0.1, 0.15) is 19.8 Å². The summed E-state index contributed by atoms with van der Waals surface area (Å²) in [7, 11) is 1.76. The summed E-state index contributed by atoms with van der Waals surface area (Å²) >= 11 is 3.44. The normalized spacial score (nSPS) is 25.0. The highest BCUT2D eigenvalue weighted by Gasteiger charge is 2.32. The summed E-state index contributed by atoms with van der Waals surface area (Å²) in [5.74, 6) is 1.32. The maximum absolute atomic E-state index is 5.77. The Balaban J connectivity index is 2.25. The van der Waals surface area contributed by atoms with Crippen LogP contribution in [-0.2, 0) is 4.74 Å². The minimum atomic E-state index is -0.114. The van der Waals surface area contributed by atoms with Crippen LogP contribution >= 0.6 is 15.9 Å². The number of nitrogens with zero attached hydrogens (tertiary/aromatic N) is 3. The number of aromatic nitrogens is 2. The van der Waals surface area contributed by atoms with E-state index >= 15 is 0 Å². The van der Waals surface area contributed by atoms with E-state index in [1.807, 2.05) is 0 Å². The van der Waals surface area contributed by atoms with Crippen LogP contribution in [-0.4, -0.2) is 35.8 Å². The van der Waals surface area contributed by atoms with Crippen LogP contribution in [0.25, 0.3) is 0 Å². The van der Waals surface area contributed by atoms with Crippen molar-refractivity contribution in [3.63, 3.8) is 0 Å². The Labute approximate surface area is 110 Å². The second-order valence-corrected chi connectivity index (χ2v) is 5.37. The topological polar surface area (TPSA) is 64.3 Å². The quantitative estimate of drug-likeness (QED) is 0.903. The summed E-state index contributed by atoms with van der Waals surface area (Å²) in [5, 5.41) is 0. The summed E-state index contributed by atoms with van der Waals surface area (Å²) < 4.78 is 6.33. The fourth-order valence-electron chi connectivity index (χ4n) is 2.15. The van der Waals surface area contributed by atoms with E-state index in [4.69, 9.17) is 10.5 Å². The number of hydrogen-bond acceptors (Lipinski definition) is 5. The van der Waals surface area contributed by atoms with Gasteiger partial charge in [-0.05, 0) is 35.7 Å². The Morgan fingerprint density at radius 2 is 2.29 bits per heavy atom. The molecule has 2 heterocycles. The molecular weight excluding hydrogens is 284 g/mol. The number of anilines is 2. The summed E-state index contributed by atoms with van der Waals surface area (Å²) in [4.78, 5) is 10.4. The van der Waals surface area contributed by atoms with Gasteiger partial charge in [-0.25, -0.2) is 9.97 Å². The molecule has 94 valence electrons. The van der Waals surface area contributed by atoms with Gasteiger partial charge in [-0.1, -0.05) is 0 Å². The molecule has 1 aromatic rings. The third kappa shape index (κ3) is 2.52. The molecule has 1 atom stereocenters. The minimum Gasteiger partial charge on any atom is -0.383 e. The molecule has 2 rings (SSSR count). The second-order valence-electron chi connectivity index (χ2n) is 4.58. The molecule has 0 aromatic carbocycles. The predicted octanol–water partition coefficient (Wildman–Crippen LogP) is 1.83. The zero-order chi connectivity index (χ0) is 12.5. The molecule has 1 unspecified atom stereocenters. The molecule has 17 heavy (non-hydrogen) atoms. The highest BCUT2D eigenvalue weighted by atomic mass is 79.9. The number of ether oxygens (including phenoxy) is 1. The van der Waals surface area contributed by atoms with Crippen molar-refractivity contribution in [1.29, 1.82) is 0 Å².